The standard InChI is InChI=1S/C23H23N3O2/c1-25(21-11-8-17-5-2-3-6-18(17)15-21)16-22(27)24-19-9-12-20(13-10-19)26-14-4-7-23(26)28/h2-3,5-6,8-13,15H,4,7,14,16H2,1H3,(H,24,27). The number of hydrogen-bond acceptors (Lipinski definition) is 3. The molecule has 0 aliphatic carbocycles. The summed E-state index contributed by atoms with van der Waals surface area (Å²) >= 11 is 0. The second-order valence-electron chi connectivity index (χ2n) is 7.13. The predicted molar refractivity (Wildman–Crippen MR) is 114 cm³/mol. The molecule has 1 N–H and O–H groups in total. The minimum atomic E-state index is -0.0827. The Bertz CT molecular complexity index is 1010. The maximum Gasteiger partial charge on any atom is 0.243 e. The van der Waals surface area contributed by atoms with Gasteiger partial charge in [0.15, 0.2) is 0 Å². The van der Waals surface area contributed by atoms with Crippen LogP contribution in [0.1, 0.15) is 12.8 Å². The van der Waals surface area contributed by atoms with Crippen molar-refractivity contribution in [2.75, 3.05) is 35.3 Å². The first-order valence-corrected chi connectivity index (χ1v) is 9.50. The lowest BCUT2D eigenvalue weighted by Gasteiger charge is -2.20. The van der Waals surface area contributed by atoms with E-state index in [2.05, 4.69) is 29.6 Å². The fraction of sp³-hybridized carbons (Fsp3) is 0.217. The van der Waals surface area contributed by atoms with Gasteiger partial charge in [-0.3, -0.25) is 9.59 Å². The minimum absolute atomic E-state index is 0.0827. The maximum absolute atomic E-state index is 12.4. The molecule has 0 radical (unpaired) electrons. The highest BCUT2D eigenvalue weighted by Crippen LogP contribution is 2.24. The van der Waals surface area contributed by atoms with Crippen LogP contribution in [0.4, 0.5) is 17.1 Å². The molecule has 1 aliphatic heterocycles. The average molecular weight is 373 g/mol. The second kappa shape index (κ2) is 7.72. The van der Waals surface area contributed by atoms with Crippen LogP contribution in [0, 0.1) is 0 Å². The molecule has 0 spiro atoms. The zero-order chi connectivity index (χ0) is 19.5. The van der Waals surface area contributed by atoms with Gasteiger partial charge >= 0.3 is 0 Å². The molecule has 0 unspecified atom stereocenters. The SMILES string of the molecule is CN(CC(=O)Nc1ccc(N2CCCC2=O)cc1)c1ccc2ccccc2c1. The summed E-state index contributed by atoms with van der Waals surface area (Å²) in [7, 11) is 1.91. The lowest BCUT2D eigenvalue weighted by molar-refractivity contribution is -0.117. The van der Waals surface area contributed by atoms with Gasteiger partial charge in [-0.05, 0) is 53.6 Å². The fourth-order valence-electron chi connectivity index (χ4n) is 3.57. The largest absolute Gasteiger partial charge is 0.365 e. The summed E-state index contributed by atoms with van der Waals surface area (Å²) in [5.41, 5.74) is 2.61. The number of hydrogen-bond donors (Lipinski definition) is 1. The second-order valence-corrected chi connectivity index (χ2v) is 7.13. The molecule has 2 amide bonds. The van der Waals surface area contributed by atoms with Gasteiger partial charge in [0.1, 0.15) is 0 Å². The van der Waals surface area contributed by atoms with Crippen molar-refractivity contribution in [2.24, 2.45) is 0 Å². The highest BCUT2D eigenvalue weighted by molar-refractivity contribution is 5.97. The van der Waals surface area contributed by atoms with Crippen LogP contribution in [0.3, 0.4) is 0 Å². The third kappa shape index (κ3) is 3.83. The molecule has 1 heterocycles. The molecule has 1 fully saturated rings. The number of fused-ring (bicyclic) bond motifs is 1. The van der Waals surface area contributed by atoms with Gasteiger partial charge in [0, 0.05) is 37.1 Å². The first kappa shape index (κ1) is 18.0. The van der Waals surface area contributed by atoms with Gasteiger partial charge < -0.3 is 15.1 Å². The summed E-state index contributed by atoms with van der Waals surface area (Å²) in [4.78, 5) is 28.0. The van der Waals surface area contributed by atoms with Crippen LogP contribution < -0.4 is 15.1 Å². The van der Waals surface area contributed by atoms with Crippen LogP contribution in [0.15, 0.2) is 66.7 Å². The topological polar surface area (TPSA) is 52.7 Å². The summed E-state index contributed by atoms with van der Waals surface area (Å²) < 4.78 is 0. The highest BCUT2D eigenvalue weighted by atomic mass is 16.2. The van der Waals surface area contributed by atoms with Crippen molar-refractivity contribution in [3.63, 3.8) is 0 Å². The van der Waals surface area contributed by atoms with Crippen molar-refractivity contribution in [3.8, 4) is 0 Å². The van der Waals surface area contributed by atoms with Gasteiger partial charge in [-0.2, -0.15) is 0 Å². The van der Waals surface area contributed by atoms with Gasteiger partial charge in [-0.15, -0.1) is 0 Å². The Balaban J connectivity index is 1.38. The van der Waals surface area contributed by atoms with E-state index in [-0.39, 0.29) is 18.4 Å². The van der Waals surface area contributed by atoms with E-state index in [4.69, 9.17) is 0 Å². The Hall–Kier alpha value is -3.34. The number of likely N-dealkylation sites (N-methyl/N-ethyl adjacent to an activating group) is 1. The number of nitrogens with zero attached hydrogens (tertiary/aromatic N) is 2. The first-order valence-electron chi connectivity index (χ1n) is 9.50. The van der Waals surface area contributed by atoms with Crippen LogP contribution >= 0.6 is 0 Å². The summed E-state index contributed by atoms with van der Waals surface area (Å²) in [6.07, 6.45) is 1.51. The third-order valence-corrected chi connectivity index (χ3v) is 5.09. The number of anilines is 3. The van der Waals surface area contributed by atoms with E-state index < -0.39 is 0 Å². The van der Waals surface area contributed by atoms with E-state index in [1.807, 2.05) is 54.4 Å². The van der Waals surface area contributed by atoms with Crippen molar-refractivity contribution in [1.29, 1.82) is 0 Å². The van der Waals surface area contributed by atoms with Crippen LogP contribution in [-0.4, -0.2) is 32.0 Å². The van der Waals surface area contributed by atoms with Gasteiger partial charge in [-0.1, -0.05) is 30.3 Å². The molecule has 3 aromatic rings. The summed E-state index contributed by atoms with van der Waals surface area (Å²) in [5.74, 6) is 0.0782. The summed E-state index contributed by atoms with van der Waals surface area (Å²) in [6, 6.07) is 21.8. The Morgan fingerprint density at radius 3 is 2.50 bits per heavy atom. The normalized spacial score (nSPS) is 13.8. The molecule has 142 valence electrons. The number of rotatable bonds is 5. The smallest absolute Gasteiger partial charge is 0.243 e. The molecule has 0 bridgehead atoms. The van der Waals surface area contributed by atoms with Gasteiger partial charge in [-0.25, -0.2) is 0 Å². The lowest BCUT2D eigenvalue weighted by atomic mass is 10.1. The van der Waals surface area contributed by atoms with E-state index in [9.17, 15) is 9.59 Å². The molecule has 4 rings (SSSR count). The van der Waals surface area contributed by atoms with E-state index in [1.54, 1.807) is 4.90 Å². The maximum atomic E-state index is 12.4. The van der Waals surface area contributed by atoms with E-state index >= 15 is 0 Å². The Labute approximate surface area is 164 Å². The number of benzene rings is 3. The zero-order valence-electron chi connectivity index (χ0n) is 15.9. The van der Waals surface area contributed by atoms with Gasteiger partial charge in [0.05, 0.1) is 6.54 Å². The highest BCUT2D eigenvalue weighted by Gasteiger charge is 2.21. The molecule has 0 aromatic heterocycles. The van der Waals surface area contributed by atoms with E-state index in [1.165, 1.54) is 5.39 Å². The van der Waals surface area contributed by atoms with E-state index in [0.717, 1.165) is 35.4 Å². The summed E-state index contributed by atoms with van der Waals surface area (Å²) in [6.45, 7) is 1.02. The predicted octanol–water partition coefficient (Wildman–Crippen LogP) is 4.04. The van der Waals surface area contributed by atoms with Gasteiger partial charge in [0.25, 0.3) is 0 Å². The van der Waals surface area contributed by atoms with E-state index in [0.29, 0.717) is 6.42 Å². The first-order chi connectivity index (χ1) is 13.6. The lowest BCUT2D eigenvalue weighted by Crippen LogP contribution is -2.30. The molecule has 1 saturated heterocycles. The van der Waals surface area contributed by atoms with Crippen LogP contribution in [-0.2, 0) is 9.59 Å². The number of amides is 2. The monoisotopic (exact) mass is 373 g/mol. The van der Waals surface area contributed by atoms with Crippen molar-refractivity contribution >= 4 is 39.6 Å². The van der Waals surface area contributed by atoms with Gasteiger partial charge in [0.2, 0.25) is 11.8 Å². The minimum Gasteiger partial charge on any atom is -0.365 e. The number of nitrogens with one attached hydrogen (secondary N) is 1. The Morgan fingerprint density at radius 1 is 1.04 bits per heavy atom. The number of carbonyl (C=O) groups excluding carboxylic acids is 2. The average Bonchev–Trinajstić information content (AvgIpc) is 3.14. The molecule has 5 nitrogen and oxygen atoms in total. The molecule has 3 aromatic carbocycles. The zero-order valence-corrected chi connectivity index (χ0v) is 15.9. The Morgan fingerprint density at radius 2 is 1.79 bits per heavy atom. The number of carbonyl (C=O) groups is 2. The molecule has 1 aliphatic rings. The molecule has 5 heteroatoms. The molecule has 28 heavy (non-hydrogen) atoms. The third-order valence-electron chi connectivity index (χ3n) is 5.09. The van der Waals surface area contributed by atoms with Crippen molar-refractivity contribution in [2.45, 2.75) is 12.8 Å². The van der Waals surface area contributed by atoms with Crippen LogP contribution in [0.5, 0.6) is 0 Å². The van der Waals surface area contributed by atoms with Crippen LogP contribution in [0.2, 0.25) is 0 Å². The fourth-order valence-corrected chi connectivity index (χ4v) is 3.57. The summed E-state index contributed by atoms with van der Waals surface area (Å²) in [5, 5.41) is 5.26. The van der Waals surface area contributed by atoms with Crippen molar-refractivity contribution < 1.29 is 9.59 Å². The van der Waals surface area contributed by atoms with Crippen molar-refractivity contribution in [1.82, 2.24) is 0 Å². The van der Waals surface area contributed by atoms with Crippen LogP contribution in [0.25, 0.3) is 10.8 Å². The molecular weight excluding hydrogens is 350 g/mol. The molecule has 0 saturated carbocycles. The van der Waals surface area contributed by atoms with Crippen molar-refractivity contribution in [3.05, 3.63) is 66.7 Å². The molecular formula is C23H23N3O2. The Kier molecular flexibility index (Phi) is 4.98. The molecule has 0 atom stereocenters. The quantitative estimate of drug-likeness (QED) is 0.734.